The SMILES string of the molecule is S=C([S-])c1ncn[nH]1.[Na+]. The van der Waals surface area contributed by atoms with E-state index in [1.807, 2.05) is 0 Å². The van der Waals surface area contributed by atoms with Crippen LogP contribution >= 0.6 is 12.2 Å². The first-order chi connectivity index (χ1) is 3.80. The summed E-state index contributed by atoms with van der Waals surface area (Å²) in [7, 11) is 0. The summed E-state index contributed by atoms with van der Waals surface area (Å²) in [6.07, 6.45) is 1.37. The van der Waals surface area contributed by atoms with Gasteiger partial charge in [0.05, 0.1) is 0 Å². The van der Waals surface area contributed by atoms with Gasteiger partial charge in [-0.3, -0.25) is 5.10 Å². The number of aromatic amines is 1. The Morgan fingerprint density at radius 1 is 1.78 bits per heavy atom. The van der Waals surface area contributed by atoms with Crippen LogP contribution < -0.4 is 29.6 Å². The molecule has 0 atom stereocenters. The Balaban J connectivity index is 0.000000640. The minimum absolute atomic E-state index is 0. The van der Waals surface area contributed by atoms with Crippen LogP contribution in [0, 0.1) is 0 Å². The first kappa shape index (κ1) is 9.45. The van der Waals surface area contributed by atoms with E-state index < -0.39 is 0 Å². The van der Waals surface area contributed by atoms with Crippen molar-refractivity contribution in [2.75, 3.05) is 0 Å². The Hall–Kier alpha value is 0.450. The molecule has 1 heterocycles. The van der Waals surface area contributed by atoms with E-state index in [4.69, 9.17) is 0 Å². The van der Waals surface area contributed by atoms with Gasteiger partial charge in [0.2, 0.25) is 0 Å². The van der Waals surface area contributed by atoms with Crippen LogP contribution in [0.3, 0.4) is 0 Å². The fraction of sp³-hybridized carbons (Fsp3) is 0. The van der Waals surface area contributed by atoms with Gasteiger partial charge in [0.15, 0.2) is 0 Å². The molecule has 0 saturated heterocycles. The first-order valence-electron chi connectivity index (χ1n) is 1.87. The average molecular weight is 167 g/mol. The third-order valence-electron chi connectivity index (χ3n) is 0.608. The number of aromatic nitrogens is 3. The molecule has 0 saturated carbocycles. The zero-order chi connectivity index (χ0) is 5.98. The maximum absolute atomic E-state index is 4.60. The molecular weight excluding hydrogens is 165 g/mol. The van der Waals surface area contributed by atoms with Gasteiger partial charge in [-0.1, -0.05) is 4.20 Å². The summed E-state index contributed by atoms with van der Waals surface area (Å²) in [6, 6.07) is 0. The molecule has 0 aliphatic heterocycles. The fourth-order valence-corrected chi connectivity index (χ4v) is 0.501. The number of thiocarbonyl (C=S) groups is 1. The Kier molecular flexibility index (Phi) is 4.51. The summed E-state index contributed by atoms with van der Waals surface area (Å²) in [5, 5.41) is 6.08. The second-order valence-electron chi connectivity index (χ2n) is 1.12. The molecule has 0 unspecified atom stereocenters. The largest absolute Gasteiger partial charge is 1.00 e. The van der Waals surface area contributed by atoms with Gasteiger partial charge in [-0.15, -0.1) is 0 Å². The zero-order valence-electron chi connectivity index (χ0n) is 4.79. The number of H-pyrrole nitrogens is 1. The molecule has 0 radical (unpaired) electrons. The average Bonchev–Trinajstić information content (AvgIpc) is 2.12. The maximum Gasteiger partial charge on any atom is 1.00 e. The standard InChI is InChI=1S/C3H3N3S2.Na/c7-3(8)2-4-1-5-6-2;/h1H,(H,7,8)(H,4,5,6);/q;+1/p-1. The smallest absolute Gasteiger partial charge is 0.425 e. The third kappa shape index (κ3) is 2.68. The van der Waals surface area contributed by atoms with Gasteiger partial charge in [0.25, 0.3) is 0 Å². The quantitative estimate of drug-likeness (QED) is 0.275. The van der Waals surface area contributed by atoms with Crippen molar-refractivity contribution in [1.29, 1.82) is 0 Å². The van der Waals surface area contributed by atoms with Crippen LogP contribution in [0.15, 0.2) is 6.33 Å². The van der Waals surface area contributed by atoms with E-state index in [1.165, 1.54) is 6.33 Å². The van der Waals surface area contributed by atoms with Crippen LogP contribution in [-0.4, -0.2) is 19.4 Å². The maximum atomic E-state index is 4.60. The second kappa shape index (κ2) is 4.29. The van der Waals surface area contributed by atoms with Gasteiger partial charge in [0.1, 0.15) is 12.2 Å². The topological polar surface area (TPSA) is 41.6 Å². The van der Waals surface area contributed by atoms with Crippen molar-refractivity contribution in [2.45, 2.75) is 0 Å². The summed E-state index contributed by atoms with van der Waals surface area (Å²) in [4.78, 5) is 3.70. The third-order valence-corrected chi connectivity index (χ3v) is 0.995. The van der Waals surface area contributed by atoms with E-state index in [2.05, 4.69) is 40.0 Å². The molecule has 1 rings (SSSR count). The van der Waals surface area contributed by atoms with Crippen molar-refractivity contribution in [3.63, 3.8) is 0 Å². The first-order valence-corrected chi connectivity index (χ1v) is 2.69. The van der Waals surface area contributed by atoms with Gasteiger partial charge in [-0.2, -0.15) is 5.10 Å². The van der Waals surface area contributed by atoms with Gasteiger partial charge in [-0.05, 0) is 0 Å². The van der Waals surface area contributed by atoms with E-state index in [1.54, 1.807) is 0 Å². The zero-order valence-corrected chi connectivity index (χ0v) is 8.42. The summed E-state index contributed by atoms with van der Waals surface area (Å²) < 4.78 is 0.322. The van der Waals surface area contributed by atoms with Gasteiger partial charge < -0.3 is 24.8 Å². The minimum atomic E-state index is 0. The normalized spacial score (nSPS) is 8.00. The van der Waals surface area contributed by atoms with Crippen LogP contribution in [0.25, 0.3) is 0 Å². The molecule has 0 aromatic carbocycles. The predicted octanol–water partition coefficient (Wildman–Crippen LogP) is -2.97. The molecule has 1 aromatic heterocycles. The van der Waals surface area contributed by atoms with E-state index in [0.717, 1.165) is 0 Å². The summed E-state index contributed by atoms with van der Waals surface area (Å²) in [5.41, 5.74) is 0. The molecule has 1 N–H and O–H groups in total. The van der Waals surface area contributed by atoms with Crippen molar-refractivity contribution in [3.8, 4) is 0 Å². The molecule has 0 amide bonds. The molecule has 0 aliphatic carbocycles. The number of hydrogen-bond donors (Lipinski definition) is 1. The van der Waals surface area contributed by atoms with Crippen molar-refractivity contribution < 1.29 is 29.6 Å². The number of hydrogen-bond acceptors (Lipinski definition) is 4. The molecule has 3 nitrogen and oxygen atoms in total. The Bertz CT molecular complexity index is 185. The number of nitrogens with zero attached hydrogens (tertiary/aromatic N) is 2. The molecule has 1 aromatic rings. The second-order valence-corrected chi connectivity index (χ2v) is 2.20. The van der Waals surface area contributed by atoms with E-state index in [0.29, 0.717) is 10.0 Å². The predicted molar refractivity (Wildman–Crippen MR) is 35.4 cm³/mol. The molecule has 42 valence electrons. The molecular formula is C3H2N3NaS2. The van der Waals surface area contributed by atoms with Crippen molar-refractivity contribution in [2.24, 2.45) is 0 Å². The number of rotatable bonds is 1. The van der Waals surface area contributed by atoms with Crippen molar-refractivity contribution in [3.05, 3.63) is 12.2 Å². The van der Waals surface area contributed by atoms with Crippen LogP contribution in [0.1, 0.15) is 5.82 Å². The molecule has 0 bridgehead atoms. The molecule has 6 heteroatoms. The van der Waals surface area contributed by atoms with Crippen LogP contribution in [-0.2, 0) is 12.6 Å². The Morgan fingerprint density at radius 2 is 2.44 bits per heavy atom. The van der Waals surface area contributed by atoms with E-state index >= 15 is 0 Å². The number of nitrogens with one attached hydrogen (secondary N) is 1. The summed E-state index contributed by atoms with van der Waals surface area (Å²) in [6.45, 7) is 0. The summed E-state index contributed by atoms with van der Waals surface area (Å²) >= 11 is 9.19. The van der Waals surface area contributed by atoms with Crippen molar-refractivity contribution in [1.82, 2.24) is 15.2 Å². The molecule has 0 aliphatic rings. The summed E-state index contributed by atoms with van der Waals surface area (Å²) in [5.74, 6) is 0.495. The van der Waals surface area contributed by atoms with Gasteiger partial charge >= 0.3 is 29.6 Å². The van der Waals surface area contributed by atoms with E-state index in [-0.39, 0.29) is 29.6 Å². The van der Waals surface area contributed by atoms with Gasteiger partial charge in [0, 0.05) is 0 Å². The molecule has 0 spiro atoms. The minimum Gasteiger partial charge on any atom is -0.425 e. The van der Waals surface area contributed by atoms with Crippen LogP contribution in [0.4, 0.5) is 0 Å². The fourth-order valence-electron chi connectivity index (χ4n) is 0.304. The molecule has 0 fully saturated rings. The molecule has 9 heavy (non-hydrogen) atoms. The van der Waals surface area contributed by atoms with E-state index in [9.17, 15) is 0 Å². The van der Waals surface area contributed by atoms with Crippen LogP contribution in [0.2, 0.25) is 0 Å². The van der Waals surface area contributed by atoms with Crippen LogP contribution in [0.5, 0.6) is 0 Å². The Labute approximate surface area is 85.3 Å². The monoisotopic (exact) mass is 167 g/mol. The van der Waals surface area contributed by atoms with Crippen molar-refractivity contribution >= 4 is 29.0 Å². The van der Waals surface area contributed by atoms with Gasteiger partial charge in [-0.25, -0.2) is 4.98 Å². The Morgan fingerprint density at radius 3 is 2.67 bits per heavy atom.